The molecule has 3 aromatic heterocycles. The molecule has 0 aliphatic rings. The molecule has 0 aliphatic heterocycles. The second-order valence-electron chi connectivity index (χ2n) is 9.35. The number of pyridine rings is 2. The summed E-state index contributed by atoms with van der Waals surface area (Å²) in [6.45, 7) is 3.54. The summed E-state index contributed by atoms with van der Waals surface area (Å²) >= 11 is 0. The van der Waals surface area contributed by atoms with Crippen molar-refractivity contribution in [3.63, 3.8) is 0 Å². The van der Waals surface area contributed by atoms with E-state index in [-0.39, 0.29) is 0 Å². The standard InChI is InChI=1S/C28H20F3N7/c1-27(2,15-32)24-10-8-20(13-35-24)38-25-21-12-18(17-5-4-6-19(11-17)28(29,30)31)7-9-22(21)34-14-23(25)37(3)26(38)36-16-33/h4-14H,1-3H3. The molecule has 0 N–H and O–H groups in total. The van der Waals surface area contributed by atoms with Gasteiger partial charge in [0.25, 0.3) is 0 Å². The molecule has 5 rings (SSSR count). The van der Waals surface area contributed by atoms with E-state index < -0.39 is 17.2 Å². The fourth-order valence-corrected chi connectivity index (χ4v) is 4.42. The van der Waals surface area contributed by atoms with Gasteiger partial charge in [-0.15, -0.1) is 4.99 Å². The second kappa shape index (κ2) is 8.86. The summed E-state index contributed by atoms with van der Waals surface area (Å²) in [5.41, 5.74) is 2.90. The number of nitrogens with zero attached hydrogens (tertiary/aromatic N) is 7. The maximum atomic E-state index is 13.4. The maximum absolute atomic E-state index is 13.4. The van der Waals surface area contributed by atoms with Gasteiger partial charge in [-0.2, -0.15) is 23.7 Å². The minimum Gasteiger partial charge on any atom is -0.311 e. The van der Waals surface area contributed by atoms with Gasteiger partial charge < -0.3 is 4.57 Å². The summed E-state index contributed by atoms with van der Waals surface area (Å²) in [6.07, 6.45) is 0.644. The highest BCUT2D eigenvalue weighted by molar-refractivity contribution is 6.04. The van der Waals surface area contributed by atoms with Crippen molar-refractivity contribution in [1.29, 1.82) is 10.5 Å². The first-order chi connectivity index (χ1) is 18.0. The van der Waals surface area contributed by atoms with Crippen LogP contribution in [0.25, 0.3) is 38.8 Å². The van der Waals surface area contributed by atoms with E-state index in [0.717, 1.165) is 12.1 Å². The zero-order valence-electron chi connectivity index (χ0n) is 20.6. The number of alkyl halides is 3. The van der Waals surface area contributed by atoms with Crippen molar-refractivity contribution >= 4 is 21.9 Å². The molecular formula is C28H20F3N7. The molecule has 10 heteroatoms. The Balaban J connectivity index is 1.81. The highest BCUT2D eigenvalue weighted by atomic mass is 19.4. The zero-order valence-corrected chi connectivity index (χ0v) is 20.6. The largest absolute Gasteiger partial charge is 0.416 e. The van der Waals surface area contributed by atoms with Crippen molar-refractivity contribution < 1.29 is 13.2 Å². The summed E-state index contributed by atoms with van der Waals surface area (Å²) in [5, 5.41) is 19.6. The van der Waals surface area contributed by atoms with Gasteiger partial charge in [0.1, 0.15) is 0 Å². The molecule has 188 valence electrons. The first-order valence-electron chi connectivity index (χ1n) is 11.5. The van der Waals surface area contributed by atoms with E-state index in [2.05, 4.69) is 21.0 Å². The Morgan fingerprint density at radius 1 is 0.921 bits per heavy atom. The number of rotatable bonds is 3. The molecule has 38 heavy (non-hydrogen) atoms. The Morgan fingerprint density at radius 3 is 2.34 bits per heavy atom. The topological polar surface area (TPSA) is 95.6 Å². The smallest absolute Gasteiger partial charge is 0.311 e. The molecule has 0 fully saturated rings. The van der Waals surface area contributed by atoms with Gasteiger partial charge in [0.2, 0.25) is 11.8 Å². The average Bonchev–Trinajstić information content (AvgIpc) is 3.20. The van der Waals surface area contributed by atoms with Crippen LogP contribution in [0.2, 0.25) is 0 Å². The van der Waals surface area contributed by atoms with Crippen LogP contribution >= 0.6 is 0 Å². The Labute approximate surface area is 215 Å². The third-order valence-corrected chi connectivity index (χ3v) is 6.50. The Morgan fingerprint density at radius 2 is 1.68 bits per heavy atom. The van der Waals surface area contributed by atoms with Gasteiger partial charge in [-0.25, -0.2) is 0 Å². The minimum absolute atomic E-state index is 0.315. The third kappa shape index (κ3) is 4.06. The minimum atomic E-state index is -4.46. The second-order valence-corrected chi connectivity index (χ2v) is 9.35. The van der Waals surface area contributed by atoms with E-state index in [1.165, 1.54) is 6.07 Å². The van der Waals surface area contributed by atoms with Gasteiger partial charge in [-0.05, 0) is 61.4 Å². The van der Waals surface area contributed by atoms with Crippen molar-refractivity contribution in [3.05, 3.63) is 83.9 Å². The normalized spacial score (nSPS) is 12.6. The lowest BCUT2D eigenvalue weighted by molar-refractivity contribution is -0.137. The summed E-state index contributed by atoms with van der Waals surface area (Å²) < 4.78 is 43.5. The van der Waals surface area contributed by atoms with Gasteiger partial charge in [-0.1, -0.05) is 18.2 Å². The Bertz CT molecular complexity index is 1860. The van der Waals surface area contributed by atoms with Crippen LogP contribution in [0.1, 0.15) is 25.1 Å². The summed E-state index contributed by atoms with van der Waals surface area (Å²) in [5.74, 6) is 0. The highest BCUT2D eigenvalue weighted by Crippen LogP contribution is 2.34. The number of aromatic nitrogens is 4. The van der Waals surface area contributed by atoms with Crippen molar-refractivity contribution in [2.24, 2.45) is 12.0 Å². The third-order valence-electron chi connectivity index (χ3n) is 6.50. The molecule has 0 spiro atoms. The van der Waals surface area contributed by atoms with Crippen molar-refractivity contribution in [3.8, 4) is 29.1 Å². The molecule has 3 heterocycles. The first kappa shape index (κ1) is 24.7. The molecule has 0 saturated carbocycles. The molecule has 0 radical (unpaired) electrons. The van der Waals surface area contributed by atoms with Crippen LogP contribution in [-0.2, 0) is 18.6 Å². The SMILES string of the molecule is Cn1c(=NC#N)n(-c2ccc(C(C)(C)C#N)nc2)c2c3cc(-c4cccc(C(F)(F)F)c4)ccc3ncc21. The van der Waals surface area contributed by atoms with Gasteiger partial charge >= 0.3 is 6.18 Å². The molecule has 0 amide bonds. The van der Waals surface area contributed by atoms with Crippen LogP contribution < -0.4 is 5.62 Å². The Hall–Kier alpha value is -4.96. The highest BCUT2D eigenvalue weighted by Gasteiger charge is 2.30. The molecule has 5 aromatic rings. The van der Waals surface area contributed by atoms with E-state index in [0.29, 0.717) is 50.1 Å². The number of aryl methyl sites for hydroxylation is 1. The van der Waals surface area contributed by atoms with Crippen molar-refractivity contribution in [1.82, 2.24) is 19.1 Å². The summed E-state index contributed by atoms with van der Waals surface area (Å²) in [7, 11) is 1.75. The summed E-state index contributed by atoms with van der Waals surface area (Å²) in [6, 6.07) is 16.2. The van der Waals surface area contributed by atoms with Crippen LogP contribution in [0.4, 0.5) is 13.2 Å². The lowest BCUT2D eigenvalue weighted by Gasteiger charge is -2.15. The van der Waals surface area contributed by atoms with E-state index in [1.54, 1.807) is 78.8 Å². The number of benzene rings is 2. The predicted molar refractivity (Wildman–Crippen MR) is 136 cm³/mol. The van der Waals surface area contributed by atoms with E-state index >= 15 is 0 Å². The first-order valence-corrected chi connectivity index (χ1v) is 11.5. The number of hydrogen-bond donors (Lipinski definition) is 0. The fourth-order valence-electron chi connectivity index (χ4n) is 4.42. The molecular weight excluding hydrogens is 491 g/mol. The molecule has 0 saturated heterocycles. The van der Waals surface area contributed by atoms with Gasteiger partial charge in [0.05, 0.1) is 57.4 Å². The molecule has 2 aromatic carbocycles. The maximum Gasteiger partial charge on any atom is 0.416 e. The lowest BCUT2D eigenvalue weighted by Crippen LogP contribution is -2.23. The predicted octanol–water partition coefficient (Wildman–Crippen LogP) is 5.78. The van der Waals surface area contributed by atoms with E-state index in [1.807, 2.05) is 6.19 Å². The molecule has 0 aliphatic carbocycles. The molecule has 7 nitrogen and oxygen atoms in total. The molecule has 0 bridgehead atoms. The fraction of sp³-hybridized carbons (Fsp3) is 0.179. The van der Waals surface area contributed by atoms with Crippen LogP contribution in [0.5, 0.6) is 0 Å². The van der Waals surface area contributed by atoms with E-state index in [4.69, 9.17) is 0 Å². The molecule has 0 atom stereocenters. The summed E-state index contributed by atoms with van der Waals surface area (Å²) in [4.78, 5) is 13.1. The number of nitriles is 2. The Kier molecular flexibility index (Phi) is 5.76. The number of halogens is 3. The van der Waals surface area contributed by atoms with Gasteiger partial charge in [-0.3, -0.25) is 14.5 Å². The monoisotopic (exact) mass is 511 g/mol. The van der Waals surface area contributed by atoms with Crippen molar-refractivity contribution in [2.45, 2.75) is 25.4 Å². The van der Waals surface area contributed by atoms with Crippen LogP contribution in [0, 0.1) is 22.8 Å². The lowest BCUT2D eigenvalue weighted by atomic mass is 9.91. The number of imidazole rings is 1. The van der Waals surface area contributed by atoms with Crippen molar-refractivity contribution in [2.75, 3.05) is 0 Å². The number of fused-ring (bicyclic) bond motifs is 3. The van der Waals surface area contributed by atoms with Crippen LogP contribution in [-0.4, -0.2) is 19.1 Å². The van der Waals surface area contributed by atoms with Crippen LogP contribution in [0.15, 0.2) is 72.0 Å². The molecule has 0 unspecified atom stereocenters. The quantitative estimate of drug-likeness (QED) is 0.287. The number of hydrogen-bond acceptors (Lipinski definition) is 5. The van der Waals surface area contributed by atoms with Crippen LogP contribution in [0.3, 0.4) is 0 Å². The van der Waals surface area contributed by atoms with Gasteiger partial charge in [0, 0.05) is 12.4 Å². The van der Waals surface area contributed by atoms with Gasteiger partial charge in [0.15, 0.2) is 0 Å². The zero-order chi connectivity index (χ0) is 27.2. The average molecular weight is 512 g/mol. The van der Waals surface area contributed by atoms with E-state index in [9.17, 15) is 23.7 Å².